The highest BCUT2D eigenvalue weighted by Gasteiger charge is 2.21. The Morgan fingerprint density at radius 3 is 2.83 bits per heavy atom. The van der Waals surface area contributed by atoms with E-state index in [1.165, 1.54) is 31.4 Å². The van der Waals surface area contributed by atoms with Crippen LogP contribution < -0.4 is 0 Å². The molecule has 5 rings (SSSR count). The molecule has 118 valence electrons. The minimum Gasteiger partial charge on any atom is -0.328 e. The van der Waals surface area contributed by atoms with Crippen LogP contribution in [0.3, 0.4) is 0 Å². The van der Waals surface area contributed by atoms with Crippen LogP contribution >= 0.6 is 11.3 Å². The zero-order chi connectivity index (χ0) is 16.3. The van der Waals surface area contributed by atoms with Crippen LogP contribution in [0.5, 0.6) is 0 Å². The summed E-state index contributed by atoms with van der Waals surface area (Å²) >= 11 is 1.87. The summed E-state index contributed by atoms with van der Waals surface area (Å²) in [6.07, 6.45) is 4.54. The lowest BCUT2D eigenvalue weighted by molar-refractivity contribution is 0.546. The fraction of sp³-hybridized carbons (Fsp3) is 0.190. The lowest BCUT2D eigenvalue weighted by Crippen LogP contribution is -2.12. The molecule has 2 nitrogen and oxygen atoms in total. The number of imidazole rings is 1. The van der Waals surface area contributed by atoms with E-state index in [2.05, 4.69) is 73.0 Å². The van der Waals surface area contributed by atoms with E-state index in [9.17, 15) is 0 Å². The Morgan fingerprint density at radius 1 is 1.08 bits per heavy atom. The van der Waals surface area contributed by atoms with Gasteiger partial charge < -0.3 is 4.57 Å². The molecule has 0 aliphatic carbocycles. The maximum absolute atomic E-state index is 4.94. The Balaban J connectivity index is 1.83. The maximum atomic E-state index is 4.94. The number of nitrogens with zero attached hydrogens (tertiary/aromatic N) is 2. The molecule has 0 saturated carbocycles. The molecule has 4 aromatic rings. The van der Waals surface area contributed by atoms with Gasteiger partial charge in [-0.05, 0) is 25.0 Å². The number of allylic oxidation sites excluding steroid dienone is 1. The van der Waals surface area contributed by atoms with E-state index in [-0.39, 0.29) is 0 Å². The number of fused-ring (bicyclic) bond motifs is 4. The van der Waals surface area contributed by atoms with Gasteiger partial charge >= 0.3 is 0 Å². The van der Waals surface area contributed by atoms with E-state index in [1.54, 1.807) is 0 Å². The summed E-state index contributed by atoms with van der Waals surface area (Å²) in [7, 11) is 0. The Bertz CT molecular complexity index is 1110. The average Bonchev–Trinajstić information content (AvgIpc) is 3.13. The predicted octanol–water partition coefficient (Wildman–Crippen LogP) is 5.89. The number of benzene rings is 2. The van der Waals surface area contributed by atoms with E-state index in [4.69, 9.17) is 4.98 Å². The Kier molecular flexibility index (Phi) is 2.95. The van der Waals surface area contributed by atoms with Crippen molar-refractivity contribution in [1.29, 1.82) is 0 Å². The lowest BCUT2D eigenvalue weighted by Gasteiger charge is -2.17. The molecular weight excluding hydrogens is 312 g/mol. The van der Waals surface area contributed by atoms with Gasteiger partial charge in [0.15, 0.2) is 0 Å². The molecular formula is C21H18N2S. The molecule has 0 spiro atoms. The predicted molar refractivity (Wildman–Crippen MR) is 103 cm³/mol. The van der Waals surface area contributed by atoms with Crippen molar-refractivity contribution in [3.05, 3.63) is 60.1 Å². The first kappa shape index (κ1) is 14.0. The van der Waals surface area contributed by atoms with Gasteiger partial charge in [-0.3, -0.25) is 0 Å². The molecule has 1 atom stereocenters. The summed E-state index contributed by atoms with van der Waals surface area (Å²) in [5.41, 5.74) is 3.62. The molecule has 0 N–H and O–H groups in total. The molecule has 3 heterocycles. The third-order valence-electron chi connectivity index (χ3n) is 4.91. The summed E-state index contributed by atoms with van der Waals surface area (Å²) in [5, 5.41) is 2.67. The Labute approximate surface area is 145 Å². The summed E-state index contributed by atoms with van der Waals surface area (Å²) in [4.78, 5) is 4.94. The molecule has 2 aromatic carbocycles. The zero-order valence-corrected chi connectivity index (χ0v) is 14.6. The average molecular weight is 330 g/mol. The standard InChI is InChI=1S/C21H18N2S/c1-13-10-11-18-20(22-14(2)23(18)12-13)17-8-5-7-16-15-6-3-4-9-19(15)24-21(16)17/h3-11,13H,12H2,1-2H3. The largest absolute Gasteiger partial charge is 0.328 e. The highest BCUT2D eigenvalue weighted by molar-refractivity contribution is 7.26. The highest BCUT2D eigenvalue weighted by Crippen LogP contribution is 2.41. The van der Waals surface area contributed by atoms with E-state index in [0.717, 1.165) is 18.1 Å². The van der Waals surface area contributed by atoms with Crippen molar-refractivity contribution < 1.29 is 0 Å². The second-order valence-corrected chi connectivity index (χ2v) is 7.67. The number of hydrogen-bond acceptors (Lipinski definition) is 2. The third kappa shape index (κ3) is 1.91. The van der Waals surface area contributed by atoms with Crippen molar-refractivity contribution in [3.63, 3.8) is 0 Å². The van der Waals surface area contributed by atoms with Gasteiger partial charge in [0.1, 0.15) is 5.82 Å². The van der Waals surface area contributed by atoms with Crippen LogP contribution in [0.15, 0.2) is 48.5 Å². The van der Waals surface area contributed by atoms with Crippen molar-refractivity contribution in [2.24, 2.45) is 5.92 Å². The lowest BCUT2D eigenvalue weighted by atomic mass is 10.0. The van der Waals surface area contributed by atoms with E-state index < -0.39 is 0 Å². The first-order valence-electron chi connectivity index (χ1n) is 8.38. The minimum atomic E-state index is 0.568. The van der Waals surface area contributed by atoms with Crippen molar-refractivity contribution in [2.45, 2.75) is 20.4 Å². The van der Waals surface area contributed by atoms with Crippen LogP contribution in [0.2, 0.25) is 0 Å². The number of aryl methyl sites for hydroxylation is 1. The van der Waals surface area contributed by atoms with Crippen LogP contribution in [-0.2, 0) is 6.54 Å². The van der Waals surface area contributed by atoms with Crippen molar-refractivity contribution in [2.75, 3.05) is 0 Å². The number of hydrogen-bond donors (Lipinski definition) is 0. The van der Waals surface area contributed by atoms with Crippen LogP contribution in [0, 0.1) is 12.8 Å². The number of rotatable bonds is 1. The van der Waals surface area contributed by atoms with Crippen molar-refractivity contribution >= 4 is 37.6 Å². The van der Waals surface area contributed by atoms with Gasteiger partial charge in [-0.2, -0.15) is 0 Å². The normalized spacial score (nSPS) is 16.8. The summed E-state index contributed by atoms with van der Waals surface area (Å²) in [6, 6.07) is 15.3. The third-order valence-corrected chi connectivity index (χ3v) is 6.13. The fourth-order valence-electron chi connectivity index (χ4n) is 3.72. The second kappa shape index (κ2) is 5.05. The van der Waals surface area contributed by atoms with E-state index >= 15 is 0 Å². The summed E-state index contributed by atoms with van der Waals surface area (Å²) in [6.45, 7) is 5.39. The maximum Gasteiger partial charge on any atom is 0.106 e. The van der Waals surface area contributed by atoms with Gasteiger partial charge in [0, 0.05) is 32.3 Å². The molecule has 0 saturated heterocycles. The Morgan fingerprint density at radius 2 is 1.92 bits per heavy atom. The van der Waals surface area contributed by atoms with Gasteiger partial charge in [0.05, 0.1) is 11.4 Å². The number of thiophene rings is 1. The molecule has 2 aromatic heterocycles. The first-order valence-corrected chi connectivity index (χ1v) is 9.20. The molecule has 1 aliphatic rings. The van der Waals surface area contributed by atoms with Crippen LogP contribution in [0.4, 0.5) is 0 Å². The zero-order valence-electron chi connectivity index (χ0n) is 13.8. The second-order valence-electron chi connectivity index (χ2n) is 6.62. The van der Waals surface area contributed by atoms with Gasteiger partial charge in [0.2, 0.25) is 0 Å². The SMILES string of the molecule is Cc1nc(-c2cccc3c2sc2ccccc23)c2n1CC(C)C=C2. The molecule has 0 radical (unpaired) electrons. The van der Waals surface area contributed by atoms with E-state index in [0.29, 0.717) is 5.92 Å². The first-order chi connectivity index (χ1) is 11.7. The summed E-state index contributed by atoms with van der Waals surface area (Å²) in [5.74, 6) is 1.67. The van der Waals surface area contributed by atoms with Gasteiger partial charge in [0.25, 0.3) is 0 Å². The molecule has 0 amide bonds. The molecule has 1 aliphatic heterocycles. The van der Waals surface area contributed by atoms with Crippen LogP contribution in [-0.4, -0.2) is 9.55 Å². The Hall–Kier alpha value is -2.39. The minimum absolute atomic E-state index is 0.568. The van der Waals surface area contributed by atoms with Crippen LogP contribution in [0.25, 0.3) is 37.5 Å². The molecule has 24 heavy (non-hydrogen) atoms. The van der Waals surface area contributed by atoms with Crippen LogP contribution in [0.1, 0.15) is 18.4 Å². The van der Waals surface area contributed by atoms with Gasteiger partial charge in [-0.25, -0.2) is 4.98 Å². The molecule has 3 heteroatoms. The monoisotopic (exact) mass is 330 g/mol. The molecule has 0 bridgehead atoms. The quantitative estimate of drug-likeness (QED) is 0.425. The van der Waals surface area contributed by atoms with Crippen molar-refractivity contribution in [1.82, 2.24) is 9.55 Å². The summed E-state index contributed by atoms with van der Waals surface area (Å²) < 4.78 is 5.03. The number of aromatic nitrogens is 2. The van der Waals surface area contributed by atoms with E-state index in [1.807, 2.05) is 11.3 Å². The molecule has 1 unspecified atom stereocenters. The molecule has 0 fully saturated rings. The van der Waals surface area contributed by atoms with Crippen molar-refractivity contribution in [3.8, 4) is 11.3 Å². The fourth-order valence-corrected chi connectivity index (χ4v) is 4.93. The topological polar surface area (TPSA) is 17.8 Å². The van der Waals surface area contributed by atoms with Gasteiger partial charge in [-0.15, -0.1) is 11.3 Å². The smallest absolute Gasteiger partial charge is 0.106 e. The van der Waals surface area contributed by atoms with Gasteiger partial charge in [-0.1, -0.05) is 49.4 Å². The highest BCUT2D eigenvalue weighted by atomic mass is 32.1.